The number of nitrogens with one attached hydrogen (secondary N) is 2. The Kier molecular flexibility index (Phi) is 6.04. The summed E-state index contributed by atoms with van der Waals surface area (Å²) in [4.78, 5) is 14.0. The molecule has 11 heteroatoms. The summed E-state index contributed by atoms with van der Waals surface area (Å²) in [6.07, 6.45) is 4.46. The van der Waals surface area contributed by atoms with Gasteiger partial charge in [-0.3, -0.25) is 10.00 Å². The summed E-state index contributed by atoms with van der Waals surface area (Å²) in [6, 6.07) is 8.00. The Bertz CT molecular complexity index is 1390. The highest BCUT2D eigenvalue weighted by Crippen LogP contribution is 2.34. The number of H-pyrrole nitrogens is 1. The number of aromatic amines is 1. The van der Waals surface area contributed by atoms with Crippen LogP contribution in [0.25, 0.3) is 32.5 Å². The first-order valence-electron chi connectivity index (χ1n) is 10.9. The fourth-order valence-corrected chi connectivity index (χ4v) is 6.49. The smallest absolute Gasteiger partial charge is 0.163 e. The van der Waals surface area contributed by atoms with E-state index in [9.17, 15) is 13.5 Å². The van der Waals surface area contributed by atoms with Gasteiger partial charge in [-0.05, 0) is 38.1 Å². The second-order valence-electron chi connectivity index (χ2n) is 8.42. The van der Waals surface area contributed by atoms with Gasteiger partial charge in [-0.1, -0.05) is 12.1 Å². The SMILES string of the molecule is CS(=O)(=O)C1CCN(Cc2cc3c(NCCO)nc(-c4cccc5[nH]ncc45)nc3s2)CC1. The van der Waals surface area contributed by atoms with Gasteiger partial charge in [0.15, 0.2) is 5.82 Å². The molecule has 0 aliphatic carbocycles. The normalized spacial score (nSPS) is 16.1. The highest BCUT2D eigenvalue weighted by atomic mass is 32.2. The second kappa shape index (κ2) is 8.98. The summed E-state index contributed by atoms with van der Waals surface area (Å²) in [7, 11) is -2.98. The Hall–Kier alpha value is -2.60. The van der Waals surface area contributed by atoms with Crippen molar-refractivity contribution in [3.63, 3.8) is 0 Å². The predicted octanol–water partition coefficient (Wildman–Crippen LogP) is 2.65. The molecule has 1 aromatic carbocycles. The molecule has 4 aromatic rings. The molecular formula is C22H26N6O3S2. The van der Waals surface area contributed by atoms with Crippen molar-refractivity contribution in [2.75, 3.05) is 37.8 Å². The van der Waals surface area contributed by atoms with Crippen molar-refractivity contribution >= 4 is 48.1 Å². The first-order chi connectivity index (χ1) is 15.9. The summed E-state index contributed by atoms with van der Waals surface area (Å²) in [6.45, 7) is 2.68. The molecule has 1 saturated heterocycles. The third-order valence-corrected chi connectivity index (χ3v) is 8.79. The first-order valence-corrected chi connectivity index (χ1v) is 13.7. The minimum Gasteiger partial charge on any atom is -0.395 e. The highest BCUT2D eigenvalue weighted by Gasteiger charge is 2.27. The zero-order valence-corrected chi connectivity index (χ0v) is 19.9. The van der Waals surface area contributed by atoms with Gasteiger partial charge in [0, 0.05) is 35.2 Å². The fourth-order valence-electron chi connectivity index (χ4n) is 4.36. The number of anilines is 1. The van der Waals surface area contributed by atoms with Crippen LogP contribution in [0.1, 0.15) is 17.7 Å². The van der Waals surface area contributed by atoms with Gasteiger partial charge in [0.2, 0.25) is 0 Å². The van der Waals surface area contributed by atoms with E-state index in [2.05, 4.69) is 26.5 Å². The van der Waals surface area contributed by atoms with E-state index < -0.39 is 9.84 Å². The predicted molar refractivity (Wildman–Crippen MR) is 131 cm³/mol. The van der Waals surface area contributed by atoms with Crippen molar-refractivity contribution < 1.29 is 13.5 Å². The molecule has 0 saturated carbocycles. The van der Waals surface area contributed by atoms with Gasteiger partial charge < -0.3 is 10.4 Å². The number of aliphatic hydroxyl groups is 1. The molecule has 174 valence electrons. The number of sulfone groups is 1. The van der Waals surface area contributed by atoms with Crippen molar-refractivity contribution in [2.45, 2.75) is 24.6 Å². The summed E-state index contributed by atoms with van der Waals surface area (Å²) in [5.74, 6) is 1.31. The number of benzene rings is 1. The van der Waals surface area contributed by atoms with E-state index in [1.807, 2.05) is 18.2 Å². The molecule has 1 aliphatic heterocycles. The van der Waals surface area contributed by atoms with E-state index in [0.717, 1.165) is 51.2 Å². The van der Waals surface area contributed by atoms with Crippen LogP contribution in [0.4, 0.5) is 5.82 Å². The summed E-state index contributed by atoms with van der Waals surface area (Å²) in [5.41, 5.74) is 1.82. The monoisotopic (exact) mass is 486 g/mol. The molecule has 0 atom stereocenters. The number of hydrogen-bond acceptors (Lipinski definition) is 9. The molecule has 0 bridgehead atoms. The Morgan fingerprint density at radius 1 is 1.24 bits per heavy atom. The van der Waals surface area contributed by atoms with Gasteiger partial charge >= 0.3 is 0 Å². The number of likely N-dealkylation sites (tertiary alicyclic amines) is 1. The minimum absolute atomic E-state index is 0.00438. The highest BCUT2D eigenvalue weighted by molar-refractivity contribution is 7.91. The van der Waals surface area contributed by atoms with Crippen molar-refractivity contribution in [1.29, 1.82) is 0 Å². The fraction of sp³-hybridized carbons (Fsp3) is 0.409. The number of fused-ring (bicyclic) bond motifs is 2. The van der Waals surface area contributed by atoms with Crippen molar-refractivity contribution in [1.82, 2.24) is 25.1 Å². The van der Waals surface area contributed by atoms with Crippen molar-refractivity contribution in [2.24, 2.45) is 0 Å². The lowest BCUT2D eigenvalue weighted by molar-refractivity contribution is 0.224. The van der Waals surface area contributed by atoms with Crippen LogP contribution >= 0.6 is 11.3 Å². The van der Waals surface area contributed by atoms with Crippen LogP contribution in [0.15, 0.2) is 30.5 Å². The number of nitrogens with zero attached hydrogens (tertiary/aromatic N) is 4. The number of thiophene rings is 1. The van der Waals surface area contributed by atoms with Gasteiger partial charge in [-0.25, -0.2) is 18.4 Å². The standard InChI is InChI=1S/C22H26N6O3S2/c1-33(30,31)15-5-8-28(9-6-15)13-14-11-17-20(23-7-10-29)25-21(26-22(17)32-14)16-3-2-4-19-18(16)12-24-27-19/h2-4,11-12,15,29H,5-10,13H2,1H3,(H,24,27)(H,23,25,26). The molecule has 3 N–H and O–H groups in total. The minimum atomic E-state index is -2.98. The molecule has 3 aromatic heterocycles. The number of piperidine rings is 1. The van der Waals surface area contributed by atoms with Crippen LogP contribution in [0.2, 0.25) is 0 Å². The quantitative estimate of drug-likeness (QED) is 0.364. The zero-order valence-electron chi connectivity index (χ0n) is 18.3. The maximum atomic E-state index is 11.8. The van der Waals surface area contributed by atoms with Crippen LogP contribution in [0, 0.1) is 0 Å². The van der Waals surface area contributed by atoms with Gasteiger partial charge in [0.05, 0.1) is 29.0 Å². The second-order valence-corrected chi connectivity index (χ2v) is 11.9. The van der Waals surface area contributed by atoms with E-state index >= 15 is 0 Å². The number of aromatic nitrogens is 4. The summed E-state index contributed by atoms with van der Waals surface area (Å²) in [5, 5.41) is 21.3. The number of hydrogen-bond donors (Lipinski definition) is 3. The van der Waals surface area contributed by atoms with E-state index in [4.69, 9.17) is 9.97 Å². The molecule has 0 unspecified atom stereocenters. The lowest BCUT2D eigenvalue weighted by Crippen LogP contribution is -2.38. The maximum Gasteiger partial charge on any atom is 0.163 e. The molecule has 0 amide bonds. The van der Waals surface area contributed by atoms with Crippen LogP contribution < -0.4 is 5.32 Å². The van der Waals surface area contributed by atoms with Crippen molar-refractivity contribution in [3.8, 4) is 11.4 Å². The molecule has 1 fully saturated rings. The molecule has 0 spiro atoms. The third-order valence-electron chi connectivity index (χ3n) is 6.09. The molecule has 9 nitrogen and oxygen atoms in total. The molecule has 0 radical (unpaired) electrons. The maximum absolute atomic E-state index is 11.8. The first kappa shape index (κ1) is 22.2. The summed E-state index contributed by atoms with van der Waals surface area (Å²) < 4.78 is 23.7. The molecular weight excluding hydrogens is 460 g/mol. The van der Waals surface area contributed by atoms with E-state index in [-0.39, 0.29) is 11.9 Å². The number of aliphatic hydroxyl groups excluding tert-OH is 1. The molecule has 5 rings (SSSR count). The van der Waals surface area contributed by atoms with E-state index in [0.29, 0.717) is 31.0 Å². The Morgan fingerprint density at radius 3 is 2.82 bits per heavy atom. The Balaban J connectivity index is 1.46. The van der Waals surface area contributed by atoms with Crippen LogP contribution in [-0.2, 0) is 16.4 Å². The molecule has 1 aliphatic rings. The van der Waals surface area contributed by atoms with E-state index in [1.165, 1.54) is 6.26 Å². The molecule has 4 heterocycles. The van der Waals surface area contributed by atoms with Gasteiger partial charge in [-0.15, -0.1) is 11.3 Å². The largest absolute Gasteiger partial charge is 0.395 e. The van der Waals surface area contributed by atoms with Crippen LogP contribution in [-0.4, -0.2) is 76.3 Å². The van der Waals surface area contributed by atoms with E-state index in [1.54, 1.807) is 17.5 Å². The zero-order chi connectivity index (χ0) is 23.0. The molecule has 33 heavy (non-hydrogen) atoms. The van der Waals surface area contributed by atoms with Crippen LogP contribution in [0.3, 0.4) is 0 Å². The lowest BCUT2D eigenvalue weighted by atomic mass is 10.1. The summed E-state index contributed by atoms with van der Waals surface area (Å²) >= 11 is 1.62. The lowest BCUT2D eigenvalue weighted by Gasteiger charge is -2.30. The Labute approximate surface area is 195 Å². The number of rotatable bonds is 7. The van der Waals surface area contributed by atoms with Gasteiger partial charge in [0.25, 0.3) is 0 Å². The van der Waals surface area contributed by atoms with Gasteiger partial charge in [0.1, 0.15) is 20.5 Å². The average Bonchev–Trinajstić information content (AvgIpc) is 3.43. The third kappa shape index (κ3) is 4.58. The Morgan fingerprint density at radius 2 is 2.06 bits per heavy atom. The van der Waals surface area contributed by atoms with Crippen LogP contribution in [0.5, 0.6) is 0 Å². The average molecular weight is 487 g/mol. The topological polar surface area (TPSA) is 124 Å². The van der Waals surface area contributed by atoms with Crippen molar-refractivity contribution in [3.05, 3.63) is 35.3 Å². The van der Waals surface area contributed by atoms with Gasteiger partial charge in [-0.2, -0.15) is 5.10 Å².